The smallest absolute Gasteiger partial charge is 0.549 e. The van der Waals surface area contributed by atoms with Gasteiger partial charge in [-0.2, -0.15) is 8.42 Å². The Morgan fingerprint density at radius 3 is 1.30 bits per heavy atom. The Morgan fingerprint density at radius 2 is 1.04 bits per heavy atom. The molecule has 0 aromatic carbocycles. The number of hydrogen-bond donors (Lipinski definition) is 1. The molecule has 0 fully saturated rings. The van der Waals surface area contributed by atoms with E-state index in [4.69, 9.17) is 4.55 Å². The minimum atomic E-state index is -4.55. The van der Waals surface area contributed by atoms with Crippen LogP contribution in [0.25, 0.3) is 0 Å². The molecule has 7 heteroatoms. The third-order valence-corrected chi connectivity index (χ3v) is 6.09. The van der Waals surface area contributed by atoms with Crippen molar-refractivity contribution < 1.29 is 52.4 Å². The standard InChI is InChI=1S/C20H40O5S.Na/c1-2-3-4-5-6-7-8-9-10-11-12-13-14-15-16-17-18-19(20(21)22)26(23,24)25;/h19H,2-18H2,1H3,(H,21,22)(H,23,24,25);/q;+1/p-1. The number of rotatable bonds is 19. The molecule has 5 nitrogen and oxygen atoms in total. The molecule has 27 heavy (non-hydrogen) atoms. The van der Waals surface area contributed by atoms with Crippen LogP contribution in [0.15, 0.2) is 0 Å². The van der Waals surface area contributed by atoms with Crippen molar-refractivity contribution >= 4 is 16.1 Å². The largest absolute Gasteiger partial charge is 1.00 e. The first-order chi connectivity index (χ1) is 12.4. The van der Waals surface area contributed by atoms with Crippen molar-refractivity contribution in [2.75, 3.05) is 0 Å². The van der Waals surface area contributed by atoms with Gasteiger partial charge in [0.05, 0.1) is 5.97 Å². The van der Waals surface area contributed by atoms with Crippen LogP contribution >= 0.6 is 0 Å². The molecule has 0 saturated carbocycles. The Bertz CT molecular complexity index is 440. The molecule has 1 atom stereocenters. The summed E-state index contributed by atoms with van der Waals surface area (Å²) in [6.45, 7) is 2.25. The number of carbonyl (C=O) groups excluding carboxylic acids is 1. The summed E-state index contributed by atoms with van der Waals surface area (Å²) in [5, 5.41) is 8.90. The Labute approximate surface area is 189 Å². The third kappa shape index (κ3) is 19.5. The topological polar surface area (TPSA) is 94.5 Å². The van der Waals surface area contributed by atoms with Crippen molar-refractivity contribution in [2.45, 2.75) is 121 Å². The summed E-state index contributed by atoms with van der Waals surface area (Å²) in [5.41, 5.74) is 0. The average molecular weight is 415 g/mol. The van der Waals surface area contributed by atoms with Crippen LogP contribution < -0.4 is 34.7 Å². The summed E-state index contributed by atoms with van der Waals surface area (Å²) in [6, 6.07) is 0. The van der Waals surface area contributed by atoms with Gasteiger partial charge < -0.3 is 9.90 Å². The van der Waals surface area contributed by atoms with E-state index in [1.54, 1.807) is 0 Å². The summed E-state index contributed by atoms with van der Waals surface area (Å²) in [5.74, 6) is -1.71. The Balaban J connectivity index is 0. The molecule has 1 N–H and O–H groups in total. The van der Waals surface area contributed by atoms with Crippen LogP contribution in [-0.4, -0.2) is 24.2 Å². The van der Waals surface area contributed by atoms with Crippen molar-refractivity contribution in [3.63, 3.8) is 0 Å². The fraction of sp³-hybridized carbons (Fsp3) is 0.950. The Hall–Kier alpha value is 0.380. The van der Waals surface area contributed by atoms with Gasteiger partial charge in [0.1, 0.15) is 5.25 Å². The van der Waals surface area contributed by atoms with E-state index in [0.717, 1.165) is 19.3 Å². The van der Waals surface area contributed by atoms with E-state index in [1.165, 1.54) is 77.0 Å². The second kappa shape index (κ2) is 19.7. The molecule has 0 aromatic heterocycles. The fourth-order valence-corrected chi connectivity index (χ4v) is 3.97. The van der Waals surface area contributed by atoms with E-state index >= 15 is 0 Å². The second-order valence-electron chi connectivity index (χ2n) is 7.41. The fourth-order valence-electron chi connectivity index (χ4n) is 3.27. The second-order valence-corrected chi connectivity index (χ2v) is 9.01. The number of unbranched alkanes of at least 4 members (excludes halogenated alkanes) is 15. The van der Waals surface area contributed by atoms with E-state index in [0.29, 0.717) is 6.42 Å². The first-order valence-electron chi connectivity index (χ1n) is 10.6. The number of carboxylic acids is 1. The van der Waals surface area contributed by atoms with Gasteiger partial charge in [-0.25, -0.2) is 0 Å². The van der Waals surface area contributed by atoms with Crippen LogP contribution in [0.2, 0.25) is 0 Å². The van der Waals surface area contributed by atoms with Crippen LogP contribution in [0.4, 0.5) is 0 Å². The SMILES string of the molecule is CCCCCCCCCCCCCCCCCCC(C(=O)[O-])S(=O)(=O)O.[Na+]. The zero-order valence-corrected chi connectivity index (χ0v) is 20.4. The number of hydrogen-bond acceptors (Lipinski definition) is 4. The van der Waals surface area contributed by atoms with Crippen molar-refractivity contribution in [3.05, 3.63) is 0 Å². The molecule has 0 aliphatic carbocycles. The van der Waals surface area contributed by atoms with E-state index < -0.39 is 21.3 Å². The monoisotopic (exact) mass is 414 g/mol. The molecule has 0 saturated heterocycles. The van der Waals surface area contributed by atoms with Crippen LogP contribution in [-0.2, 0) is 14.9 Å². The van der Waals surface area contributed by atoms with Gasteiger partial charge in [0.15, 0.2) is 0 Å². The van der Waals surface area contributed by atoms with Gasteiger partial charge in [-0.1, -0.05) is 110 Å². The van der Waals surface area contributed by atoms with Crippen molar-refractivity contribution in [2.24, 2.45) is 0 Å². The van der Waals surface area contributed by atoms with E-state index in [2.05, 4.69) is 6.92 Å². The summed E-state index contributed by atoms with van der Waals surface area (Å²) < 4.78 is 30.6. The molecule has 0 radical (unpaired) electrons. The summed E-state index contributed by atoms with van der Waals surface area (Å²) in [4.78, 5) is 10.7. The van der Waals surface area contributed by atoms with E-state index in [-0.39, 0.29) is 36.0 Å². The van der Waals surface area contributed by atoms with Gasteiger partial charge in [-0.3, -0.25) is 4.55 Å². The molecule has 0 heterocycles. The molecular weight excluding hydrogens is 375 g/mol. The number of aliphatic carboxylic acids is 1. The maximum Gasteiger partial charge on any atom is 1.00 e. The normalized spacial score (nSPS) is 12.5. The predicted octanol–water partition coefficient (Wildman–Crippen LogP) is 1.65. The molecule has 0 aliphatic heterocycles. The molecule has 0 spiro atoms. The van der Waals surface area contributed by atoms with Gasteiger partial charge in [-0.05, 0) is 6.42 Å². The van der Waals surface area contributed by atoms with Crippen molar-refractivity contribution in [1.82, 2.24) is 0 Å². The minimum absolute atomic E-state index is 0. The van der Waals surface area contributed by atoms with Gasteiger partial charge in [0.25, 0.3) is 10.1 Å². The van der Waals surface area contributed by atoms with Gasteiger partial charge in [-0.15, -0.1) is 0 Å². The zero-order valence-electron chi connectivity index (χ0n) is 17.6. The molecular formula is C20H39NaO5S. The first-order valence-corrected chi connectivity index (χ1v) is 12.1. The number of carboxylic acid groups (broad SMARTS) is 1. The van der Waals surface area contributed by atoms with Crippen molar-refractivity contribution in [1.29, 1.82) is 0 Å². The predicted molar refractivity (Wildman–Crippen MR) is 105 cm³/mol. The molecule has 0 rings (SSSR count). The average Bonchev–Trinajstić information content (AvgIpc) is 2.56. The summed E-state index contributed by atoms with van der Waals surface area (Å²) in [6.07, 6.45) is 19.2. The van der Waals surface area contributed by atoms with Gasteiger partial charge >= 0.3 is 29.6 Å². The van der Waals surface area contributed by atoms with Crippen LogP contribution in [0.1, 0.15) is 116 Å². The molecule has 1 unspecified atom stereocenters. The van der Waals surface area contributed by atoms with E-state index in [1.807, 2.05) is 0 Å². The molecule has 0 aliphatic rings. The third-order valence-electron chi connectivity index (χ3n) is 4.94. The van der Waals surface area contributed by atoms with Crippen LogP contribution in [0.5, 0.6) is 0 Å². The molecule has 156 valence electrons. The van der Waals surface area contributed by atoms with Crippen LogP contribution in [0.3, 0.4) is 0 Å². The summed E-state index contributed by atoms with van der Waals surface area (Å²) >= 11 is 0. The number of carbonyl (C=O) groups is 1. The molecule has 0 aromatic rings. The van der Waals surface area contributed by atoms with Gasteiger partial charge in [0, 0.05) is 0 Å². The van der Waals surface area contributed by atoms with Crippen LogP contribution in [0, 0.1) is 0 Å². The summed E-state index contributed by atoms with van der Waals surface area (Å²) in [7, 11) is -4.55. The Kier molecular flexibility index (Phi) is 21.6. The maximum absolute atomic E-state index is 10.9. The zero-order chi connectivity index (χ0) is 19.7. The molecule has 0 amide bonds. The Morgan fingerprint density at radius 1 is 0.741 bits per heavy atom. The minimum Gasteiger partial charge on any atom is -0.549 e. The van der Waals surface area contributed by atoms with Crippen molar-refractivity contribution in [3.8, 4) is 0 Å². The van der Waals surface area contributed by atoms with E-state index in [9.17, 15) is 18.3 Å². The van der Waals surface area contributed by atoms with Gasteiger partial charge in [0.2, 0.25) is 0 Å². The molecule has 0 bridgehead atoms. The quantitative estimate of drug-likeness (QED) is 0.197. The first kappa shape index (κ1) is 29.6. The maximum atomic E-state index is 10.9.